The Morgan fingerprint density at radius 3 is 2.96 bits per heavy atom. The van der Waals surface area contributed by atoms with Gasteiger partial charge in [-0.15, -0.1) is 0 Å². The summed E-state index contributed by atoms with van der Waals surface area (Å²) < 4.78 is 17.3. The second kappa shape index (κ2) is 6.20. The summed E-state index contributed by atoms with van der Waals surface area (Å²) in [5.74, 6) is 0.139. The summed E-state index contributed by atoms with van der Waals surface area (Å²) >= 11 is 0. The zero-order chi connectivity index (χ0) is 16.4. The number of amides is 1. The second-order valence-electron chi connectivity index (χ2n) is 5.32. The van der Waals surface area contributed by atoms with Crippen molar-refractivity contribution in [1.82, 2.24) is 14.9 Å². The molecule has 0 spiro atoms. The fourth-order valence-corrected chi connectivity index (χ4v) is 2.61. The van der Waals surface area contributed by atoms with E-state index in [2.05, 4.69) is 9.97 Å². The number of carbonyl (C=O) groups is 1. The van der Waals surface area contributed by atoms with Gasteiger partial charge < -0.3 is 14.7 Å². The van der Waals surface area contributed by atoms with E-state index in [4.69, 9.17) is 4.74 Å². The van der Waals surface area contributed by atoms with Crippen LogP contribution >= 0.6 is 0 Å². The molecule has 0 fully saturated rings. The van der Waals surface area contributed by atoms with Crippen LogP contribution < -0.4 is 4.74 Å². The highest BCUT2D eigenvalue weighted by molar-refractivity contribution is 5.98. The predicted octanol–water partition coefficient (Wildman–Crippen LogP) is 1.99. The van der Waals surface area contributed by atoms with Crippen LogP contribution in [0.3, 0.4) is 0 Å². The lowest BCUT2D eigenvalue weighted by atomic mass is 10.2. The number of fused-ring (bicyclic) bond motifs is 1. The van der Waals surface area contributed by atoms with Crippen molar-refractivity contribution in [3.05, 3.63) is 46.8 Å². The van der Waals surface area contributed by atoms with Gasteiger partial charge >= 0.3 is 0 Å². The number of hydrogen-bond acceptors (Lipinski definition) is 5. The summed E-state index contributed by atoms with van der Waals surface area (Å²) in [6.45, 7) is 1.90. The highest BCUT2D eigenvalue weighted by Crippen LogP contribution is 2.29. The first kappa shape index (κ1) is 15.2. The van der Waals surface area contributed by atoms with E-state index in [1.807, 2.05) is 13.0 Å². The quantitative estimate of drug-likeness (QED) is 0.913. The van der Waals surface area contributed by atoms with Crippen molar-refractivity contribution in [2.24, 2.45) is 0 Å². The molecule has 7 heteroatoms. The standard InChI is InChI=1S/C16H16FN3O3/c1-10-6-11(7-19-15(10)23-5-3-17)8-20-9-13-12(16(20)22)2-4-18-14(13)21/h2,4,6-7H,3,5,8-9H2,1H3,(H,18,21). The molecule has 1 amide bonds. The zero-order valence-corrected chi connectivity index (χ0v) is 12.6. The maximum atomic E-state index is 12.3. The zero-order valence-electron chi connectivity index (χ0n) is 12.6. The van der Waals surface area contributed by atoms with E-state index < -0.39 is 6.67 Å². The first-order valence-electron chi connectivity index (χ1n) is 7.20. The van der Waals surface area contributed by atoms with Crippen LogP contribution in [0.25, 0.3) is 0 Å². The Morgan fingerprint density at radius 1 is 1.43 bits per heavy atom. The summed E-state index contributed by atoms with van der Waals surface area (Å²) in [6.07, 6.45) is 3.02. The Balaban J connectivity index is 1.75. The lowest BCUT2D eigenvalue weighted by molar-refractivity contribution is 0.0766. The lowest BCUT2D eigenvalue weighted by Crippen LogP contribution is -2.23. The molecule has 0 unspecified atom stereocenters. The van der Waals surface area contributed by atoms with Crippen LogP contribution in [0.15, 0.2) is 24.5 Å². The van der Waals surface area contributed by atoms with Crippen LogP contribution in [0.1, 0.15) is 27.0 Å². The number of rotatable bonds is 5. The molecule has 2 aromatic heterocycles. The fraction of sp³-hybridized carbons (Fsp3) is 0.312. The third-order valence-electron chi connectivity index (χ3n) is 3.68. The molecule has 120 valence electrons. The van der Waals surface area contributed by atoms with Crippen molar-refractivity contribution in [2.45, 2.75) is 20.0 Å². The van der Waals surface area contributed by atoms with Crippen LogP contribution in [0.2, 0.25) is 0 Å². The Hall–Kier alpha value is -2.70. The summed E-state index contributed by atoms with van der Waals surface area (Å²) in [4.78, 5) is 21.9. The maximum Gasteiger partial charge on any atom is 0.255 e. The SMILES string of the molecule is Cc1cc(CN2Cc3c(ccnc3O)C2=O)cnc1OCCF. The monoisotopic (exact) mass is 317 g/mol. The molecule has 1 N–H and O–H groups in total. The first-order valence-corrected chi connectivity index (χ1v) is 7.20. The number of aryl methyl sites for hydroxylation is 1. The van der Waals surface area contributed by atoms with Gasteiger partial charge in [-0.25, -0.2) is 14.4 Å². The van der Waals surface area contributed by atoms with Crippen LogP contribution in [0.5, 0.6) is 11.8 Å². The maximum absolute atomic E-state index is 12.3. The van der Waals surface area contributed by atoms with E-state index in [1.165, 1.54) is 6.20 Å². The summed E-state index contributed by atoms with van der Waals surface area (Å²) in [5, 5.41) is 9.75. The molecule has 23 heavy (non-hydrogen) atoms. The summed E-state index contributed by atoms with van der Waals surface area (Å²) in [6, 6.07) is 3.46. The first-order chi connectivity index (χ1) is 11.1. The lowest BCUT2D eigenvalue weighted by Gasteiger charge is -2.16. The number of ether oxygens (including phenoxy) is 1. The molecule has 1 aliphatic heterocycles. The summed E-state index contributed by atoms with van der Waals surface area (Å²) in [5.41, 5.74) is 2.64. The Bertz CT molecular complexity index is 751. The number of halogens is 1. The van der Waals surface area contributed by atoms with Gasteiger partial charge in [0.05, 0.1) is 12.1 Å². The molecule has 0 aliphatic carbocycles. The molecule has 0 bridgehead atoms. The third kappa shape index (κ3) is 2.94. The van der Waals surface area contributed by atoms with Gasteiger partial charge in [-0.05, 0) is 24.6 Å². The van der Waals surface area contributed by atoms with Gasteiger partial charge in [-0.2, -0.15) is 0 Å². The average molecular weight is 317 g/mol. The molecular weight excluding hydrogens is 301 g/mol. The van der Waals surface area contributed by atoms with Crippen molar-refractivity contribution >= 4 is 5.91 Å². The second-order valence-corrected chi connectivity index (χ2v) is 5.32. The fourth-order valence-electron chi connectivity index (χ4n) is 2.61. The molecule has 0 aromatic carbocycles. The molecule has 0 atom stereocenters. The number of aromatic nitrogens is 2. The minimum atomic E-state index is -0.569. The molecule has 0 saturated heterocycles. The molecule has 6 nitrogen and oxygen atoms in total. The molecule has 3 rings (SSSR count). The number of hydrogen-bond donors (Lipinski definition) is 1. The van der Waals surface area contributed by atoms with E-state index in [0.29, 0.717) is 30.1 Å². The van der Waals surface area contributed by atoms with Gasteiger partial charge in [0.1, 0.15) is 13.3 Å². The number of alkyl halides is 1. The minimum Gasteiger partial charge on any atom is -0.493 e. The molecule has 3 heterocycles. The normalized spacial score (nSPS) is 13.3. The number of pyridine rings is 2. The van der Waals surface area contributed by atoms with Crippen molar-refractivity contribution in [3.63, 3.8) is 0 Å². The van der Waals surface area contributed by atoms with E-state index in [9.17, 15) is 14.3 Å². The highest BCUT2D eigenvalue weighted by atomic mass is 19.1. The van der Waals surface area contributed by atoms with Gasteiger partial charge in [0.25, 0.3) is 5.91 Å². The molecule has 0 radical (unpaired) electrons. The van der Waals surface area contributed by atoms with Gasteiger partial charge in [-0.3, -0.25) is 4.79 Å². The van der Waals surface area contributed by atoms with E-state index >= 15 is 0 Å². The third-order valence-corrected chi connectivity index (χ3v) is 3.68. The minimum absolute atomic E-state index is 0.0284. The number of nitrogens with zero attached hydrogens (tertiary/aromatic N) is 3. The van der Waals surface area contributed by atoms with E-state index in [-0.39, 0.29) is 18.4 Å². The predicted molar refractivity (Wildman–Crippen MR) is 79.9 cm³/mol. The van der Waals surface area contributed by atoms with E-state index in [0.717, 1.165) is 11.1 Å². The van der Waals surface area contributed by atoms with Gasteiger partial charge in [0.2, 0.25) is 11.8 Å². The van der Waals surface area contributed by atoms with Gasteiger partial charge in [0, 0.05) is 30.1 Å². The Kier molecular flexibility index (Phi) is 4.10. The smallest absolute Gasteiger partial charge is 0.255 e. The van der Waals surface area contributed by atoms with Gasteiger partial charge in [-0.1, -0.05) is 0 Å². The Labute approximate surface area is 132 Å². The summed E-state index contributed by atoms with van der Waals surface area (Å²) in [7, 11) is 0. The highest BCUT2D eigenvalue weighted by Gasteiger charge is 2.30. The number of aromatic hydroxyl groups is 1. The van der Waals surface area contributed by atoms with Crippen LogP contribution in [0.4, 0.5) is 4.39 Å². The van der Waals surface area contributed by atoms with Crippen molar-refractivity contribution < 1.29 is 19.0 Å². The van der Waals surface area contributed by atoms with Crippen molar-refractivity contribution in [3.8, 4) is 11.8 Å². The molecule has 2 aromatic rings. The molecule has 0 saturated carbocycles. The number of carbonyl (C=O) groups excluding carboxylic acids is 1. The molecule has 1 aliphatic rings. The Morgan fingerprint density at radius 2 is 2.26 bits per heavy atom. The molecular formula is C16H16FN3O3. The van der Waals surface area contributed by atoms with Crippen molar-refractivity contribution in [2.75, 3.05) is 13.3 Å². The van der Waals surface area contributed by atoms with Crippen LogP contribution in [-0.4, -0.2) is 39.2 Å². The largest absolute Gasteiger partial charge is 0.493 e. The van der Waals surface area contributed by atoms with E-state index in [1.54, 1.807) is 17.2 Å². The topological polar surface area (TPSA) is 75.5 Å². The average Bonchev–Trinajstić information content (AvgIpc) is 2.85. The van der Waals surface area contributed by atoms with Gasteiger partial charge in [0.15, 0.2) is 0 Å². The van der Waals surface area contributed by atoms with Crippen LogP contribution in [0, 0.1) is 6.92 Å². The van der Waals surface area contributed by atoms with Crippen LogP contribution in [-0.2, 0) is 13.1 Å². The van der Waals surface area contributed by atoms with Crippen molar-refractivity contribution in [1.29, 1.82) is 0 Å².